The fourth-order valence-electron chi connectivity index (χ4n) is 1.84. The fourth-order valence-corrected chi connectivity index (χ4v) is 1.84. The largest absolute Gasteiger partial charge is 0.477 e. The Bertz CT molecular complexity index is 757. The minimum absolute atomic E-state index is 0.285. The molecule has 1 N–H and O–H groups in total. The van der Waals surface area contributed by atoms with Gasteiger partial charge in [-0.3, -0.25) is 9.36 Å². The number of rotatable bonds is 3. The molecule has 0 fully saturated rings. The number of hydrogen-bond donors (Lipinski definition) is 1. The third kappa shape index (κ3) is 2.42. The van der Waals surface area contributed by atoms with Crippen molar-refractivity contribution in [3.63, 3.8) is 0 Å². The summed E-state index contributed by atoms with van der Waals surface area (Å²) in [4.78, 5) is 22.9. The number of carboxylic acids is 1. The third-order valence-electron chi connectivity index (χ3n) is 2.77. The van der Waals surface area contributed by atoms with Crippen LogP contribution in [0.25, 0.3) is 11.3 Å². The lowest BCUT2D eigenvalue weighted by Crippen LogP contribution is -2.27. The molecule has 100 valence electrons. The number of nitriles is 1. The molecule has 0 amide bonds. The van der Waals surface area contributed by atoms with E-state index in [1.54, 1.807) is 0 Å². The summed E-state index contributed by atoms with van der Waals surface area (Å²) in [6.45, 7) is -0.285. The lowest BCUT2D eigenvalue weighted by atomic mass is 10.1. The molecule has 0 radical (unpaired) electrons. The summed E-state index contributed by atoms with van der Waals surface area (Å²) in [6, 6.07) is 9.77. The van der Waals surface area contributed by atoms with Gasteiger partial charge >= 0.3 is 5.97 Å². The first-order valence-corrected chi connectivity index (χ1v) is 5.64. The average molecular weight is 272 g/mol. The van der Waals surface area contributed by atoms with Crippen LogP contribution < -0.4 is 5.56 Å². The van der Waals surface area contributed by atoms with Gasteiger partial charge in [0.05, 0.1) is 11.8 Å². The Morgan fingerprint density at radius 1 is 1.25 bits per heavy atom. The zero-order chi connectivity index (χ0) is 14.7. The van der Waals surface area contributed by atoms with E-state index in [4.69, 9.17) is 10.4 Å². The van der Waals surface area contributed by atoms with Crippen LogP contribution in [0.5, 0.6) is 0 Å². The molecule has 2 rings (SSSR count). The van der Waals surface area contributed by atoms with Crippen molar-refractivity contribution in [3.05, 3.63) is 58.1 Å². The van der Waals surface area contributed by atoms with E-state index in [0.29, 0.717) is 11.3 Å². The van der Waals surface area contributed by atoms with E-state index in [1.807, 2.05) is 6.07 Å². The molecule has 6 heteroatoms. The van der Waals surface area contributed by atoms with Gasteiger partial charge in [0.1, 0.15) is 17.9 Å². The summed E-state index contributed by atoms with van der Waals surface area (Å²) < 4.78 is 14.0. The fraction of sp³-hybridized carbons (Fsp3) is 0.0714. The molecule has 0 spiro atoms. The summed E-state index contributed by atoms with van der Waals surface area (Å²) in [5, 5.41) is 17.7. The molecule has 0 saturated heterocycles. The van der Waals surface area contributed by atoms with Crippen molar-refractivity contribution in [1.29, 1.82) is 5.26 Å². The highest BCUT2D eigenvalue weighted by Crippen LogP contribution is 2.18. The molecular weight excluding hydrogens is 263 g/mol. The number of aromatic nitrogens is 1. The SMILES string of the molecule is N#CCn1c(-c2ccc(F)cc2)ccc(C(=O)O)c1=O. The number of hydrogen-bond acceptors (Lipinski definition) is 3. The molecule has 5 nitrogen and oxygen atoms in total. The third-order valence-corrected chi connectivity index (χ3v) is 2.77. The normalized spacial score (nSPS) is 10.0. The molecule has 0 atom stereocenters. The zero-order valence-corrected chi connectivity index (χ0v) is 10.2. The second kappa shape index (κ2) is 5.36. The van der Waals surface area contributed by atoms with Gasteiger partial charge in [-0.2, -0.15) is 5.26 Å². The van der Waals surface area contributed by atoms with E-state index in [1.165, 1.54) is 36.4 Å². The molecule has 20 heavy (non-hydrogen) atoms. The summed E-state index contributed by atoms with van der Waals surface area (Å²) in [5.41, 5.74) is -0.288. The first kappa shape index (κ1) is 13.5. The standard InChI is InChI=1S/C14H9FN2O3/c15-10-3-1-9(2-4-10)12-6-5-11(14(19)20)13(18)17(12)8-7-16/h1-6H,8H2,(H,19,20). The number of pyridine rings is 1. The smallest absolute Gasteiger partial charge is 0.341 e. The maximum Gasteiger partial charge on any atom is 0.341 e. The van der Waals surface area contributed by atoms with Crippen LogP contribution in [0.3, 0.4) is 0 Å². The van der Waals surface area contributed by atoms with Gasteiger partial charge in [-0.15, -0.1) is 0 Å². The molecule has 1 heterocycles. The highest BCUT2D eigenvalue weighted by atomic mass is 19.1. The molecule has 1 aromatic heterocycles. The van der Waals surface area contributed by atoms with Crippen LogP contribution in [0.4, 0.5) is 4.39 Å². The van der Waals surface area contributed by atoms with Crippen molar-refractivity contribution in [2.45, 2.75) is 6.54 Å². The highest BCUT2D eigenvalue weighted by Gasteiger charge is 2.14. The topological polar surface area (TPSA) is 83.1 Å². The van der Waals surface area contributed by atoms with Gasteiger partial charge < -0.3 is 5.11 Å². The summed E-state index contributed by atoms with van der Waals surface area (Å²) >= 11 is 0. The minimum atomic E-state index is -1.35. The van der Waals surface area contributed by atoms with Crippen LogP contribution in [0.1, 0.15) is 10.4 Å². The lowest BCUT2D eigenvalue weighted by molar-refractivity contribution is 0.0694. The Kier molecular flexibility index (Phi) is 3.62. The van der Waals surface area contributed by atoms with Crippen LogP contribution in [-0.4, -0.2) is 15.6 Å². The Labute approximate surface area is 113 Å². The van der Waals surface area contributed by atoms with Gasteiger partial charge in [-0.05, 0) is 42.0 Å². The number of carbonyl (C=O) groups is 1. The van der Waals surface area contributed by atoms with Crippen LogP contribution >= 0.6 is 0 Å². The zero-order valence-electron chi connectivity index (χ0n) is 10.2. The van der Waals surface area contributed by atoms with E-state index < -0.39 is 22.9 Å². The molecule has 0 bridgehead atoms. The first-order chi connectivity index (χ1) is 9.54. The predicted molar refractivity (Wildman–Crippen MR) is 68.7 cm³/mol. The molecule has 0 aliphatic rings. The average Bonchev–Trinajstić information content (AvgIpc) is 2.42. The van der Waals surface area contributed by atoms with Gasteiger partial charge in [0.2, 0.25) is 0 Å². The number of benzene rings is 1. The van der Waals surface area contributed by atoms with Crippen LogP contribution in [0, 0.1) is 17.1 Å². The van der Waals surface area contributed by atoms with Crippen molar-refractivity contribution in [3.8, 4) is 17.3 Å². The predicted octanol–water partition coefficient (Wildman–Crippen LogP) is 1.88. The molecule has 1 aromatic carbocycles. The van der Waals surface area contributed by atoms with E-state index >= 15 is 0 Å². The van der Waals surface area contributed by atoms with Gasteiger partial charge in [0, 0.05) is 0 Å². The maximum absolute atomic E-state index is 12.9. The maximum atomic E-state index is 12.9. The van der Waals surface area contributed by atoms with Crippen molar-refractivity contribution in [2.24, 2.45) is 0 Å². The lowest BCUT2D eigenvalue weighted by Gasteiger charge is -2.10. The van der Waals surface area contributed by atoms with E-state index in [0.717, 1.165) is 4.57 Å². The van der Waals surface area contributed by atoms with Crippen LogP contribution in [0.2, 0.25) is 0 Å². The van der Waals surface area contributed by atoms with Gasteiger partial charge in [-0.25, -0.2) is 9.18 Å². The monoisotopic (exact) mass is 272 g/mol. The highest BCUT2D eigenvalue weighted by molar-refractivity contribution is 5.87. The molecular formula is C14H9FN2O3. The summed E-state index contributed by atoms with van der Waals surface area (Å²) in [5.74, 6) is -1.78. The number of carboxylic acid groups (broad SMARTS) is 1. The second-order valence-electron chi connectivity index (χ2n) is 3.99. The van der Waals surface area contributed by atoms with Gasteiger partial charge in [0.25, 0.3) is 5.56 Å². The Balaban J connectivity index is 2.68. The molecule has 0 aliphatic carbocycles. The van der Waals surface area contributed by atoms with Crippen LogP contribution in [-0.2, 0) is 6.54 Å². The van der Waals surface area contributed by atoms with Gasteiger partial charge in [-0.1, -0.05) is 0 Å². The van der Waals surface area contributed by atoms with Crippen molar-refractivity contribution in [2.75, 3.05) is 0 Å². The first-order valence-electron chi connectivity index (χ1n) is 5.64. The Morgan fingerprint density at radius 3 is 2.45 bits per heavy atom. The molecule has 0 saturated carbocycles. The molecule has 0 aliphatic heterocycles. The summed E-state index contributed by atoms with van der Waals surface area (Å²) in [7, 11) is 0. The molecule has 0 unspecified atom stereocenters. The summed E-state index contributed by atoms with van der Waals surface area (Å²) in [6.07, 6.45) is 0. The quantitative estimate of drug-likeness (QED) is 0.924. The minimum Gasteiger partial charge on any atom is -0.477 e. The van der Waals surface area contributed by atoms with E-state index in [2.05, 4.69) is 0 Å². The Morgan fingerprint density at radius 2 is 1.90 bits per heavy atom. The van der Waals surface area contributed by atoms with Gasteiger partial charge in [0.15, 0.2) is 0 Å². The van der Waals surface area contributed by atoms with E-state index in [9.17, 15) is 14.0 Å². The number of nitrogens with zero attached hydrogens (tertiary/aromatic N) is 2. The van der Waals surface area contributed by atoms with Crippen molar-refractivity contribution < 1.29 is 14.3 Å². The number of halogens is 1. The van der Waals surface area contributed by atoms with E-state index in [-0.39, 0.29) is 6.54 Å². The van der Waals surface area contributed by atoms with Crippen molar-refractivity contribution >= 4 is 5.97 Å². The van der Waals surface area contributed by atoms with Crippen LogP contribution in [0.15, 0.2) is 41.2 Å². The Hall–Kier alpha value is -2.94. The second-order valence-corrected chi connectivity index (χ2v) is 3.99. The van der Waals surface area contributed by atoms with Crippen molar-refractivity contribution in [1.82, 2.24) is 4.57 Å². The number of aromatic carboxylic acids is 1. The molecule has 2 aromatic rings.